The second kappa shape index (κ2) is 9.58. The molecule has 2 aromatic rings. The molecule has 0 radical (unpaired) electrons. The number of hydrogen-bond donors (Lipinski definition) is 1. The lowest BCUT2D eigenvalue weighted by molar-refractivity contribution is 0.0601. The van der Waals surface area contributed by atoms with Crippen LogP contribution >= 0.6 is 0 Å². The van der Waals surface area contributed by atoms with Gasteiger partial charge in [0.05, 0.1) is 24.0 Å². The zero-order valence-corrected chi connectivity index (χ0v) is 16.4. The van der Waals surface area contributed by atoms with Crippen LogP contribution in [0, 0.1) is 0 Å². The van der Waals surface area contributed by atoms with E-state index < -0.39 is 12.1 Å². The zero-order valence-electron chi connectivity index (χ0n) is 16.4. The van der Waals surface area contributed by atoms with Gasteiger partial charge in [0.15, 0.2) is 0 Å². The molecule has 0 spiro atoms. The number of benzene rings is 2. The molecule has 0 saturated carbocycles. The summed E-state index contributed by atoms with van der Waals surface area (Å²) < 4.78 is 4.73. The molecule has 1 aliphatic heterocycles. The second-order valence-corrected chi connectivity index (χ2v) is 6.84. The van der Waals surface area contributed by atoms with Crippen molar-refractivity contribution >= 4 is 29.7 Å². The average Bonchev–Trinajstić information content (AvgIpc) is 2.78. The van der Waals surface area contributed by atoms with E-state index in [9.17, 15) is 14.7 Å². The predicted molar refractivity (Wildman–Crippen MR) is 112 cm³/mol. The first-order valence-electron chi connectivity index (χ1n) is 9.41. The molecule has 1 fully saturated rings. The van der Waals surface area contributed by atoms with Crippen LogP contribution in [0.4, 0.5) is 16.2 Å². The second-order valence-electron chi connectivity index (χ2n) is 6.84. The minimum absolute atomic E-state index is 0.156. The van der Waals surface area contributed by atoms with Gasteiger partial charge in [-0.15, -0.1) is 0 Å². The lowest BCUT2D eigenvalue weighted by Crippen LogP contribution is -2.38. The molecule has 1 amide bonds. The van der Waals surface area contributed by atoms with Gasteiger partial charge in [-0.05, 0) is 42.1 Å². The van der Waals surface area contributed by atoms with Crippen LogP contribution in [0.15, 0.2) is 52.6 Å². The summed E-state index contributed by atoms with van der Waals surface area (Å²) in [5.74, 6) is -0.430. The minimum atomic E-state index is -0.883. The van der Waals surface area contributed by atoms with Crippen LogP contribution < -0.4 is 0 Å². The lowest BCUT2D eigenvalue weighted by Gasteiger charge is -2.31. The number of esters is 1. The third-order valence-electron chi connectivity index (χ3n) is 5.03. The molecule has 3 rings (SSSR count). The summed E-state index contributed by atoms with van der Waals surface area (Å²) in [5, 5.41) is 12.8. The normalized spacial score (nSPS) is 16.2. The molecule has 0 bridgehead atoms. The fourth-order valence-electron chi connectivity index (χ4n) is 3.50. The first kappa shape index (κ1) is 20.9. The van der Waals surface area contributed by atoms with E-state index >= 15 is 0 Å². The fraction of sp³-hybridized carbons (Fsp3) is 0.286. The third kappa shape index (κ3) is 4.76. The standard InChI is InChI=1S/C21H21N5O4/c1-30-20(27)18-6-2-4-15(19(18)24-25-22)12-23-17-9-7-14(8-10-17)16-5-3-11-26(13-16)21(28)29/h2,4,6-10,12,16H,3,5,11,13H2,1H3,(H,28,29)/t16-/m1/s1. The van der Waals surface area contributed by atoms with E-state index in [0.717, 1.165) is 18.4 Å². The third-order valence-corrected chi connectivity index (χ3v) is 5.03. The maximum absolute atomic E-state index is 11.9. The number of carboxylic acid groups (broad SMARTS) is 1. The Kier molecular flexibility index (Phi) is 6.67. The van der Waals surface area contributed by atoms with Gasteiger partial charge in [-0.25, -0.2) is 9.59 Å². The van der Waals surface area contributed by atoms with Crippen molar-refractivity contribution in [2.24, 2.45) is 10.1 Å². The molecule has 0 unspecified atom stereocenters. The number of carbonyl (C=O) groups is 2. The molecular weight excluding hydrogens is 386 g/mol. The summed E-state index contributed by atoms with van der Waals surface area (Å²) in [6, 6.07) is 12.5. The zero-order chi connectivity index (χ0) is 21.5. The number of methoxy groups -OCH3 is 1. The number of carbonyl (C=O) groups excluding carboxylic acids is 1. The minimum Gasteiger partial charge on any atom is -0.465 e. The Bertz CT molecular complexity index is 1010. The summed E-state index contributed by atoms with van der Waals surface area (Å²) in [6.07, 6.45) is 2.43. The van der Waals surface area contributed by atoms with Gasteiger partial charge in [0.25, 0.3) is 0 Å². The summed E-state index contributed by atoms with van der Waals surface area (Å²) in [4.78, 5) is 31.8. The molecule has 154 valence electrons. The highest BCUT2D eigenvalue weighted by Gasteiger charge is 2.24. The van der Waals surface area contributed by atoms with Crippen LogP contribution in [0.5, 0.6) is 0 Å². The number of azide groups is 1. The average molecular weight is 407 g/mol. The fourth-order valence-corrected chi connectivity index (χ4v) is 3.50. The summed E-state index contributed by atoms with van der Waals surface area (Å²) in [5.41, 5.74) is 11.4. The van der Waals surface area contributed by atoms with Gasteiger partial charge < -0.3 is 14.7 Å². The largest absolute Gasteiger partial charge is 0.465 e. The van der Waals surface area contributed by atoms with Crippen molar-refractivity contribution in [2.45, 2.75) is 18.8 Å². The van der Waals surface area contributed by atoms with Crippen LogP contribution in [-0.4, -0.2) is 48.5 Å². The maximum atomic E-state index is 11.9. The number of piperidine rings is 1. The molecule has 1 saturated heterocycles. The van der Waals surface area contributed by atoms with Crippen molar-refractivity contribution in [2.75, 3.05) is 20.2 Å². The quantitative estimate of drug-likeness (QED) is 0.245. The number of nitrogens with zero attached hydrogens (tertiary/aromatic N) is 5. The first-order valence-corrected chi connectivity index (χ1v) is 9.41. The molecule has 1 heterocycles. The molecule has 2 aromatic carbocycles. The Morgan fingerprint density at radius 3 is 2.70 bits per heavy atom. The number of ether oxygens (including phenoxy) is 1. The van der Waals surface area contributed by atoms with Crippen molar-refractivity contribution in [3.8, 4) is 0 Å². The van der Waals surface area contributed by atoms with Crippen molar-refractivity contribution in [3.05, 3.63) is 69.6 Å². The summed E-state index contributed by atoms with van der Waals surface area (Å²) in [6.45, 7) is 1.07. The number of hydrogen-bond acceptors (Lipinski definition) is 5. The molecule has 0 aromatic heterocycles. The van der Waals surface area contributed by atoms with E-state index in [1.807, 2.05) is 24.3 Å². The van der Waals surface area contributed by atoms with Crippen molar-refractivity contribution in [1.29, 1.82) is 0 Å². The van der Waals surface area contributed by atoms with Crippen molar-refractivity contribution in [1.82, 2.24) is 4.90 Å². The monoisotopic (exact) mass is 407 g/mol. The van der Waals surface area contributed by atoms with E-state index in [1.165, 1.54) is 24.3 Å². The van der Waals surface area contributed by atoms with Gasteiger partial charge in [-0.1, -0.05) is 29.4 Å². The SMILES string of the molecule is COC(=O)c1cccc(C=Nc2ccc([C@@H]3CCCN(C(=O)O)C3)cc2)c1N=[N+]=[N-]. The van der Waals surface area contributed by atoms with Crippen LogP contribution in [0.2, 0.25) is 0 Å². The van der Waals surface area contributed by atoms with Crippen LogP contribution in [0.1, 0.15) is 40.2 Å². The topological polar surface area (TPSA) is 128 Å². The Morgan fingerprint density at radius 1 is 1.27 bits per heavy atom. The van der Waals surface area contributed by atoms with E-state index in [-0.39, 0.29) is 17.2 Å². The van der Waals surface area contributed by atoms with Gasteiger partial charge in [0.1, 0.15) is 0 Å². The molecule has 1 atom stereocenters. The Hall–Kier alpha value is -3.84. The predicted octanol–water partition coefficient (Wildman–Crippen LogP) is 5.02. The Morgan fingerprint density at radius 2 is 2.03 bits per heavy atom. The van der Waals surface area contributed by atoms with Gasteiger partial charge >= 0.3 is 12.1 Å². The van der Waals surface area contributed by atoms with Crippen LogP contribution in [0.25, 0.3) is 10.4 Å². The van der Waals surface area contributed by atoms with E-state index in [1.54, 1.807) is 12.1 Å². The number of amides is 1. The highest BCUT2D eigenvalue weighted by molar-refractivity contribution is 6.00. The lowest BCUT2D eigenvalue weighted by atomic mass is 9.91. The maximum Gasteiger partial charge on any atom is 0.407 e. The Labute approximate surface area is 173 Å². The van der Waals surface area contributed by atoms with Crippen LogP contribution in [0.3, 0.4) is 0 Å². The van der Waals surface area contributed by atoms with Crippen LogP contribution in [-0.2, 0) is 4.74 Å². The highest BCUT2D eigenvalue weighted by Crippen LogP contribution is 2.29. The number of aliphatic imine (C=N–C) groups is 1. The molecule has 30 heavy (non-hydrogen) atoms. The van der Waals surface area contributed by atoms with Gasteiger partial charge in [0.2, 0.25) is 0 Å². The molecular formula is C21H21N5O4. The van der Waals surface area contributed by atoms with Crippen molar-refractivity contribution in [3.63, 3.8) is 0 Å². The molecule has 1 aliphatic rings. The number of rotatable bonds is 5. The highest BCUT2D eigenvalue weighted by atomic mass is 16.5. The summed E-state index contributed by atoms with van der Waals surface area (Å²) >= 11 is 0. The van der Waals surface area contributed by atoms with E-state index in [4.69, 9.17) is 10.3 Å². The molecule has 9 heteroatoms. The van der Waals surface area contributed by atoms with E-state index in [2.05, 4.69) is 15.0 Å². The molecule has 1 N–H and O–H groups in total. The summed E-state index contributed by atoms with van der Waals surface area (Å²) in [7, 11) is 1.26. The van der Waals surface area contributed by atoms with E-state index in [0.29, 0.717) is 24.3 Å². The smallest absolute Gasteiger partial charge is 0.407 e. The first-order chi connectivity index (χ1) is 14.5. The Balaban J connectivity index is 1.80. The van der Waals surface area contributed by atoms with Gasteiger partial charge in [-0.3, -0.25) is 4.99 Å². The van der Waals surface area contributed by atoms with Crippen molar-refractivity contribution < 1.29 is 19.4 Å². The van der Waals surface area contributed by atoms with Gasteiger partial charge in [-0.2, -0.15) is 0 Å². The molecule has 0 aliphatic carbocycles. The van der Waals surface area contributed by atoms with Gasteiger partial charge in [0, 0.05) is 35.7 Å². The number of likely N-dealkylation sites (tertiary alicyclic amines) is 1. The molecule has 9 nitrogen and oxygen atoms in total.